The van der Waals surface area contributed by atoms with Gasteiger partial charge in [0.25, 0.3) is 5.91 Å². The van der Waals surface area contributed by atoms with Gasteiger partial charge in [0.05, 0.1) is 0 Å². The van der Waals surface area contributed by atoms with Gasteiger partial charge in [-0.15, -0.1) is 0 Å². The molecule has 1 fully saturated rings. The summed E-state index contributed by atoms with van der Waals surface area (Å²) in [4.78, 5) is 14.6. The standard InChI is InChI=1S/C23H28Cl2N2O2/c1-27(2)23(15-17-3-5-18(24)6-4-17)13-11-20(12-14-23)26-22(28)16-29-21-9-7-19(25)8-10-21/h3-10,20H,11-16H2,1-2H3,(H,26,28). The van der Waals surface area contributed by atoms with Crippen molar-refractivity contribution in [1.29, 1.82) is 0 Å². The predicted molar refractivity (Wildman–Crippen MR) is 119 cm³/mol. The van der Waals surface area contributed by atoms with Crippen LogP contribution in [0.1, 0.15) is 31.2 Å². The van der Waals surface area contributed by atoms with Gasteiger partial charge in [-0.3, -0.25) is 4.79 Å². The Labute approximate surface area is 183 Å². The molecule has 1 saturated carbocycles. The number of ether oxygens (including phenoxy) is 1. The number of nitrogens with zero attached hydrogens (tertiary/aromatic N) is 1. The molecule has 0 spiro atoms. The minimum absolute atomic E-state index is 0.0156. The summed E-state index contributed by atoms with van der Waals surface area (Å²) in [5, 5.41) is 4.53. The molecule has 1 aliphatic carbocycles. The normalized spacial score (nSPS) is 21.8. The highest BCUT2D eigenvalue weighted by Gasteiger charge is 2.37. The summed E-state index contributed by atoms with van der Waals surface area (Å²) in [6, 6.07) is 15.3. The summed E-state index contributed by atoms with van der Waals surface area (Å²) in [7, 11) is 4.30. The van der Waals surface area contributed by atoms with E-state index in [1.807, 2.05) is 12.1 Å². The Hall–Kier alpha value is -1.75. The summed E-state index contributed by atoms with van der Waals surface area (Å²) >= 11 is 11.9. The number of likely N-dealkylation sites (N-methyl/N-ethyl adjacent to an activating group) is 1. The highest BCUT2D eigenvalue weighted by Crippen LogP contribution is 2.35. The lowest BCUT2D eigenvalue weighted by atomic mass is 9.75. The number of hydrogen-bond acceptors (Lipinski definition) is 3. The van der Waals surface area contributed by atoms with E-state index in [2.05, 4.69) is 36.4 Å². The molecule has 2 aromatic carbocycles. The van der Waals surface area contributed by atoms with E-state index >= 15 is 0 Å². The van der Waals surface area contributed by atoms with Gasteiger partial charge in [0.2, 0.25) is 0 Å². The molecule has 2 aromatic rings. The Kier molecular flexibility index (Phi) is 7.44. The molecule has 1 aliphatic rings. The molecule has 0 atom stereocenters. The molecule has 0 saturated heterocycles. The van der Waals surface area contributed by atoms with Gasteiger partial charge in [-0.05, 0) is 88.2 Å². The molecule has 0 radical (unpaired) electrons. The van der Waals surface area contributed by atoms with Gasteiger partial charge in [0, 0.05) is 21.6 Å². The molecule has 6 heteroatoms. The molecular weight excluding hydrogens is 407 g/mol. The highest BCUT2D eigenvalue weighted by molar-refractivity contribution is 6.30. The van der Waals surface area contributed by atoms with Crippen molar-refractivity contribution in [2.24, 2.45) is 0 Å². The van der Waals surface area contributed by atoms with Crippen LogP contribution in [-0.2, 0) is 11.2 Å². The lowest BCUT2D eigenvalue weighted by Crippen LogP contribution is -2.52. The molecule has 3 rings (SSSR count). The lowest BCUT2D eigenvalue weighted by molar-refractivity contribution is -0.124. The average molecular weight is 435 g/mol. The SMILES string of the molecule is CN(C)C1(Cc2ccc(Cl)cc2)CCC(NC(=O)COc2ccc(Cl)cc2)CC1. The third kappa shape index (κ3) is 6.11. The second-order valence-electron chi connectivity index (χ2n) is 8.01. The third-order valence-electron chi connectivity index (χ3n) is 5.86. The second kappa shape index (κ2) is 9.84. The topological polar surface area (TPSA) is 41.6 Å². The number of amides is 1. The molecule has 4 nitrogen and oxygen atoms in total. The minimum Gasteiger partial charge on any atom is -0.484 e. The van der Waals surface area contributed by atoms with Crippen LogP contribution < -0.4 is 10.1 Å². The van der Waals surface area contributed by atoms with Gasteiger partial charge in [-0.2, -0.15) is 0 Å². The van der Waals surface area contributed by atoms with Crippen LogP contribution in [0, 0.1) is 0 Å². The van der Waals surface area contributed by atoms with E-state index in [-0.39, 0.29) is 24.1 Å². The molecular formula is C23H28Cl2N2O2. The van der Waals surface area contributed by atoms with E-state index in [1.54, 1.807) is 24.3 Å². The van der Waals surface area contributed by atoms with Crippen molar-refractivity contribution >= 4 is 29.1 Å². The fourth-order valence-corrected chi connectivity index (χ4v) is 4.26. The van der Waals surface area contributed by atoms with Crippen molar-refractivity contribution in [3.8, 4) is 5.75 Å². The second-order valence-corrected chi connectivity index (χ2v) is 8.88. The molecule has 1 amide bonds. The zero-order valence-electron chi connectivity index (χ0n) is 17.0. The summed E-state index contributed by atoms with van der Waals surface area (Å²) < 4.78 is 5.54. The Bertz CT molecular complexity index is 799. The van der Waals surface area contributed by atoms with Gasteiger partial charge in [-0.25, -0.2) is 0 Å². The van der Waals surface area contributed by atoms with Crippen LogP contribution in [0.15, 0.2) is 48.5 Å². The summed E-state index contributed by atoms with van der Waals surface area (Å²) in [6.45, 7) is 0.0156. The van der Waals surface area contributed by atoms with Gasteiger partial charge in [0.1, 0.15) is 5.75 Å². The molecule has 0 bridgehead atoms. The maximum atomic E-state index is 12.3. The fraction of sp³-hybridized carbons (Fsp3) is 0.435. The summed E-state index contributed by atoms with van der Waals surface area (Å²) in [5.41, 5.74) is 1.40. The zero-order valence-corrected chi connectivity index (χ0v) is 18.5. The summed E-state index contributed by atoms with van der Waals surface area (Å²) in [6.07, 6.45) is 4.96. The highest BCUT2D eigenvalue weighted by atomic mass is 35.5. The number of nitrogens with one attached hydrogen (secondary N) is 1. The Morgan fingerprint density at radius 3 is 2.14 bits per heavy atom. The van der Waals surface area contributed by atoms with Crippen LogP contribution in [0.3, 0.4) is 0 Å². The van der Waals surface area contributed by atoms with E-state index in [4.69, 9.17) is 27.9 Å². The molecule has 0 unspecified atom stereocenters. The first-order valence-corrected chi connectivity index (χ1v) is 10.7. The molecule has 156 valence electrons. The van der Waals surface area contributed by atoms with Crippen molar-refractivity contribution in [3.63, 3.8) is 0 Å². The van der Waals surface area contributed by atoms with Crippen LogP contribution in [0.2, 0.25) is 10.0 Å². The number of rotatable bonds is 7. The average Bonchev–Trinajstić information content (AvgIpc) is 2.71. The van der Waals surface area contributed by atoms with Crippen LogP contribution in [0.25, 0.3) is 0 Å². The van der Waals surface area contributed by atoms with Crippen molar-refractivity contribution < 1.29 is 9.53 Å². The lowest BCUT2D eigenvalue weighted by Gasteiger charge is -2.45. The first kappa shape index (κ1) is 21.9. The Balaban J connectivity index is 1.50. The third-order valence-corrected chi connectivity index (χ3v) is 6.36. The number of hydrogen-bond donors (Lipinski definition) is 1. The molecule has 1 N–H and O–H groups in total. The maximum absolute atomic E-state index is 12.3. The minimum atomic E-state index is -0.0833. The number of carbonyl (C=O) groups excluding carboxylic acids is 1. The maximum Gasteiger partial charge on any atom is 0.258 e. The quantitative estimate of drug-likeness (QED) is 0.668. The number of carbonyl (C=O) groups is 1. The molecule has 0 aliphatic heterocycles. The van der Waals surface area contributed by atoms with Crippen molar-refractivity contribution in [2.45, 2.75) is 43.7 Å². The number of benzene rings is 2. The van der Waals surface area contributed by atoms with Crippen LogP contribution in [0.5, 0.6) is 5.75 Å². The van der Waals surface area contributed by atoms with Gasteiger partial charge in [-0.1, -0.05) is 35.3 Å². The first-order chi connectivity index (χ1) is 13.9. The van der Waals surface area contributed by atoms with Gasteiger partial charge >= 0.3 is 0 Å². The Morgan fingerprint density at radius 2 is 1.59 bits per heavy atom. The van der Waals surface area contributed by atoms with Crippen molar-refractivity contribution in [1.82, 2.24) is 10.2 Å². The molecule has 29 heavy (non-hydrogen) atoms. The van der Waals surface area contributed by atoms with E-state index < -0.39 is 0 Å². The zero-order chi connectivity index (χ0) is 20.9. The Morgan fingerprint density at radius 1 is 1.03 bits per heavy atom. The van der Waals surface area contributed by atoms with Crippen molar-refractivity contribution in [2.75, 3.05) is 20.7 Å². The monoisotopic (exact) mass is 434 g/mol. The van der Waals surface area contributed by atoms with Crippen LogP contribution in [-0.4, -0.2) is 43.1 Å². The van der Waals surface area contributed by atoms with E-state index in [9.17, 15) is 4.79 Å². The molecule has 0 heterocycles. The number of halogens is 2. The van der Waals surface area contributed by atoms with Crippen LogP contribution in [0.4, 0.5) is 0 Å². The predicted octanol–water partition coefficient (Wildman–Crippen LogP) is 4.97. The van der Waals surface area contributed by atoms with E-state index in [0.717, 1.165) is 37.1 Å². The molecule has 0 aromatic heterocycles. The largest absolute Gasteiger partial charge is 0.484 e. The first-order valence-electron chi connectivity index (χ1n) is 9.96. The van der Waals surface area contributed by atoms with Gasteiger partial charge in [0.15, 0.2) is 6.61 Å². The summed E-state index contributed by atoms with van der Waals surface area (Å²) in [5.74, 6) is 0.558. The smallest absolute Gasteiger partial charge is 0.258 e. The van der Waals surface area contributed by atoms with E-state index in [0.29, 0.717) is 10.8 Å². The van der Waals surface area contributed by atoms with Crippen LogP contribution >= 0.6 is 23.2 Å². The van der Waals surface area contributed by atoms with E-state index in [1.165, 1.54) is 5.56 Å². The fourth-order valence-electron chi connectivity index (χ4n) is 4.01. The van der Waals surface area contributed by atoms with Crippen molar-refractivity contribution in [3.05, 3.63) is 64.1 Å². The van der Waals surface area contributed by atoms with Gasteiger partial charge < -0.3 is 15.0 Å².